The highest BCUT2D eigenvalue weighted by atomic mass is 16.2. The molecule has 1 aromatic rings. The first-order chi connectivity index (χ1) is 14.1. The molecule has 1 atom stereocenters. The van der Waals surface area contributed by atoms with Gasteiger partial charge in [0.1, 0.15) is 6.04 Å². The van der Waals surface area contributed by atoms with E-state index >= 15 is 0 Å². The molecular weight excluding hydrogens is 382 g/mol. The highest BCUT2D eigenvalue weighted by Gasteiger charge is 2.48. The second-order valence-corrected chi connectivity index (χ2v) is 9.23. The van der Waals surface area contributed by atoms with Gasteiger partial charge in [0, 0.05) is 24.1 Å². The molecule has 1 unspecified atom stereocenters. The van der Waals surface area contributed by atoms with E-state index in [1.54, 1.807) is 29.2 Å². The summed E-state index contributed by atoms with van der Waals surface area (Å²) in [7, 11) is 0. The minimum Gasteiger partial charge on any atom is -0.326 e. The maximum Gasteiger partial charge on any atom is 0.257 e. The summed E-state index contributed by atoms with van der Waals surface area (Å²) >= 11 is 0. The van der Waals surface area contributed by atoms with E-state index in [2.05, 4.69) is 5.32 Å². The average molecular weight is 414 g/mol. The van der Waals surface area contributed by atoms with E-state index in [-0.39, 0.29) is 36.0 Å². The van der Waals surface area contributed by atoms with Crippen LogP contribution in [0.1, 0.15) is 66.2 Å². The van der Waals surface area contributed by atoms with Crippen LogP contribution in [0.3, 0.4) is 0 Å². The standard InChI is InChI=1S/C23H31N3O4/c1-15(27)24-17-10-12-18(13-11-17)25-20(28)14-19(22(25)30)26(23(2,3)4)21(29)16-8-6-5-7-9-16/h10-13,16,19H,5-9,14H2,1-4H3,(H,24,27). The van der Waals surface area contributed by atoms with Crippen LogP contribution >= 0.6 is 0 Å². The van der Waals surface area contributed by atoms with Crippen molar-refractivity contribution < 1.29 is 19.2 Å². The first kappa shape index (κ1) is 22.0. The van der Waals surface area contributed by atoms with Crippen LogP contribution in [0.15, 0.2) is 24.3 Å². The number of anilines is 2. The summed E-state index contributed by atoms with van der Waals surface area (Å²) in [6.45, 7) is 7.15. The summed E-state index contributed by atoms with van der Waals surface area (Å²) < 4.78 is 0. The third-order valence-electron chi connectivity index (χ3n) is 5.79. The first-order valence-corrected chi connectivity index (χ1v) is 10.7. The highest BCUT2D eigenvalue weighted by molar-refractivity contribution is 6.23. The second kappa shape index (κ2) is 8.58. The number of hydrogen-bond donors (Lipinski definition) is 1. The van der Waals surface area contributed by atoms with Crippen molar-refractivity contribution in [1.29, 1.82) is 0 Å². The van der Waals surface area contributed by atoms with Gasteiger partial charge in [0.2, 0.25) is 17.7 Å². The van der Waals surface area contributed by atoms with Crippen LogP contribution in [0.4, 0.5) is 11.4 Å². The third-order valence-corrected chi connectivity index (χ3v) is 5.79. The summed E-state index contributed by atoms with van der Waals surface area (Å²) in [6.07, 6.45) is 4.87. The van der Waals surface area contributed by atoms with Crippen LogP contribution < -0.4 is 10.2 Å². The van der Waals surface area contributed by atoms with Gasteiger partial charge in [-0.1, -0.05) is 19.3 Å². The normalized spacial score (nSPS) is 20.4. The van der Waals surface area contributed by atoms with Crippen LogP contribution in [-0.4, -0.2) is 40.1 Å². The summed E-state index contributed by atoms with van der Waals surface area (Å²) in [6, 6.07) is 5.78. The summed E-state index contributed by atoms with van der Waals surface area (Å²) in [4.78, 5) is 53.5. The fourth-order valence-electron chi connectivity index (χ4n) is 4.48. The van der Waals surface area contributed by atoms with Gasteiger partial charge in [-0.3, -0.25) is 19.2 Å². The molecule has 1 aromatic carbocycles. The molecule has 2 aliphatic rings. The molecule has 0 spiro atoms. The Kier molecular flexibility index (Phi) is 6.29. The van der Waals surface area contributed by atoms with Gasteiger partial charge in [-0.05, 0) is 57.9 Å². The van der Waals surface area contributed by atoms with Crippen molar-refractivity contribution in [2.75, 3.05) is 10.2 Å². The Balaban J connectivity index is 1.85. The zero-order valence-corrected chi connectivity index (χ0v) is 18.2. The quantitative estimate of drug-likeness (QED) is 0.766. The van der Waals surface area contributed by atoms with Gasteiger partial charge < -0.3 is 10.2 Å². The van der Waals surface area contributed by atoms with Crippen LogP contribution in [0.25, 0.3) is 0 Å². The number of carbonyl (C=O) groups excluding carboxylic acids is 4. The van der Waals surface area contributed by atoms with Gasteiger partial charge in [-0.2, -0.15) is 0 Å². The van der Waals surface area contributed by atoms with E-state index < -0.39 is 11.6 Å². The lowest BCUT2D eigenvalue weighted by Gasteiger charge is -2.41. The molecule has 3 rings (SSSR count). The second-order valence-electron chi connectivity index (χ2n) is 9.23. The maximum atomic E-state index is 13.4. The third kappa shape index (κ3) is 4.55. The van der Waals surface area contributed by atoms with E-state index in [1.165, 1.54) is 6.92 Å². The lowest BCUT2D eigenvalue weighted by molar-refractivity contribution is -0.148. The molecule has 1 N–H and O–H groups in total. The monoisotopic (exact) mass is 413 g/mol. The van der Waals surface area contributed by atoms with Crippen LogP contribution in [0, 0.1) is 5.92 Å². The Morgan fingerprint density at radius 2 is 1.63 bits per heavy atom. The average Bonchev–Trinajstić information content (AvgIpc) is 2.95. The number of nitrogens with one attached hydrogen (secondary N) is 1. The summed E-state index contributed by atoms with van der Waals surface area (Å²) in [5.74, 6) is -0.976. The molecule has 4 amide bonds. The molecule has 1 aliphatic heterocycles. The molecule has 1 aliphatic carbocycles. The van der Waals surface area contributed by atoms with Crippen molar-refractivity contribution in [3.05, 3.63) is 24.3 Å². The van der Waals surface area contributed by atoms with Crippen molar-refractivity contribution in [3.8, 4) is 0 Å². The lowest BCUT2D eigenvalue weighted by Crippen LogP contribution is -2.56. The van der Waals surface area contributed by atoms with E-state index in [4.69, 9.17) is 0 Å². The molecule has 7 nitrogen and oxygen atoms in total. The molecule has 0 radical (unpaired) electrons. The van der Waals surface area contributed by atoms with Gasteiger partial charge >= 0.3 is 0 Å². The topological polar surface area (TPSA) is 86.8 Å². The van der Waals surface area contributed by atoms with Gasteiger partial charge in [-0.25, -0.2) is 4.90 Å². The Morgan fingerprint density at radius 3 is 2.17 bits per heavy atom. The molecule has 0 bridgehead atoms. The largest absolute Gasteiger partial charge is 0.326 e. The molecule has 30 heavy (non-hydrogen) atoms. The van der Waals surface area contributed by atoms with Crippen LogP contribution in [0.2, 0.25) is 0 Å². The Bertz CT molecular complexity index is 835. The Labute approximate surface area is 177 Å². The molecule has 0 aromatic heterocycles. The molecule has 1 saturated carbocycles. The predicted octanol–water partition coefficient (Wildman–Crippen LogP) is 3.48. The van der Waals surface area contributed by atoms with E-state index in [0.717, 1.165) is 37.0 Å². The lowest BCUT2D eigenvalue weighted by atomic mass is 9.86. The number of nitrogens with zero attached hydrogens (tertiary/aromatic N) is 2. The summed E-state index contributed by atoms with van der Waals surface area (Å²) in [5.41, 5.74) is 0.465. The zero-order chi connectivity index (χ0) is 22.1. The van der Waals surface area contributed by atoms with Gasteiger partial charge in [0.15, 0.2) is 0 Å². The van der Waals surface area contributed by atoms with Crippen molar-refractivity contribution in [2.24, 2.45) is 5.92 Å². The molecule has 162 valence electrons. The van der Waals surface area contributed by atoms with Gasteiger partial charge in [0.25, 0.3) is 5.91 Å². The Hall–Kier alpha value is -2.70. The van der Waals surface area contributed by atoms with Crippen LogP contribution in [-0.2, 0) is 19.2 Å². The fraction of sp³-hybridized carbons (Fsp3) is 0.565. The molecule has 1 saturated heterocycles. The SMILES string of the molecule is CC(=O)Nc1ccc(N2C(=O)CC(N(C(=O)C3CCCCC3)C(C)(C)C)C2=O)cc1. The van der Waals surface area contributed by atoms with Crippen molar-refractivity contribution in [3.63, 3.8) is 0 Å². The minimum atomic E-state index is -0.790. The number of rotatable bonds is 4. The maximum absolute atomic E-state index is 13.4. The molecule has 1 heterocycles. The summed E-state index contributed by atoms with van der Waals surface area (Å²) in [5, 5.41) is 2.66. The van der Waals surface area contributed by atoms with Gasteiger partial charge in [0.05, 0.1) is 12.1 Å². The first-order valence-electron chi connectivity index (χ1n) is 10.7. The smallest absolute Gasteiger partial charge is 0.257 e. The number of carbonyl (C=O) groups is 4. The number of hydrogen-bond acceptors (Lipinski definition) is 4. The highest BCUT2D eigenvalue weighted by Crippen LogP contribution is 2.34. The zero-order valence-electron chi connectivity index (χ0n) is 18.2. The molecule has 2 fully saturated rings. The number of amides is 4. The number of benzene rings is 1. The van der Waals surface area contributed by atoms with E-state index in [0.29, 0.717) is 11.4 Å². The molecule has 7 heteroatoms. The van der Waals surface area contributed by atoms with Crippen molar-refractivity contribution in [1.82, 2.24) is 4.90 Å². The van der Waals surface area contributed by atoms with E-state index in [9.17, 15) is 19.2 Å². The Morgan fingerprint density at radius 1 is 1.03 bits per heavy atom. The van der Waals surface area contributed by atoms with Crippen molar-refractivity contribution in [2.45, 2.75) is 77.8 Å². The minimum absolute atomic E-state index is 0.0119. The molecular formula is C23H31N3O4. The van der Waals surface area contributed by atoms with Gasteiger partial charge in [-0.15, -0.1) is 0 Å². The fourth-order valence-corrected chi connectivity index (χ4v) is 4.48. The van der Waals surface area contributed by atoms with Crippen molar-refractivity contribution >= 4 is 35.0 Å². The van der Waals surface area contributed by atoms with Crippen LogP contribution in [0.5, 0.6) is 0 Å². The van der Waals surface area contributed by atoms with E-state index in [1.807, 2.05) is 20.8 Å². The number of imide groups is 1. The predicted molar refractivity (Wildman–Crippen MR) is 115 cm³/mol.